The molecular formula is C30H28Cl2N4O6. The average Bonchev–Trinajstić information content (AvgIpc) is 3.56. The van der Waals surface area contributed by atoms with Crippen molar-refractivity contribution in [1.29, 1.82) is 0 Å². The fraction of sp³-hybridized carbons (Fsp3) is 0.433. The van der Waals surface area contributed by atoms with Crippen LogP contribution >= 0.6 is 23.2 Å². The Labute approximate surface area is 251 Å². The summed E-state index contributed by atoms with van der Waals surface area (Å²) in [5.41, 5.74) is 2.16. The van der Waals surface area contributed by atoms with Gasteiger partial charge in [-0.05, 0) is 63.5 Å². The molecule has 42 heavy (non-hydrogen) atoms. The van der Waals surface area contributed by atoms with Crippen molar-refractivity contribution in [3.63, 3.8) is 0 Å². The number of hydrogen-bond donors (Lipinski definition) is 1. The summed E-state index contributed by atoms with van der Waals surface area (Å²) in [6.07, 6.45) is 10.3. The van der Waals surface area contributed by atoms with Gasteiger partial charge in [-0.15, -0.1) is 0 Å². The third-order valence-electron chi connectivity index (χ3n) is 9.13. The first-order valence-electron chi connectivity index (χ1n) is 14.0. The minimum absolute atomic E-state index is 0.0473. The summed E-state index contributed by atoms with van der Waals surface area (Å²) in [6.45, 7) is 0.358. The van der Waals surface area contributed by atoms with E-state index in [1.807, 2.05) is 0 Å². The van der Waals surface area contributed by atoms with Crippen LogP contribution < -0.4 is 4.74 Å². The first-order chi connectivity index (χ1) is 20.3. The monoisotopic (exact) mass is 610 g/mol. The SMILES string of the molecule is COc1c(C(=O)O)cccc1-c1noc(C23CCC(OCc4c(-c5c(Cl)cncc5Cl)noc4C4CC4)(CC2)CC3)n1. The maximum Gasteiger partial charge on any atom is 0.339 e. The molecule has 0 atom stereocenters. The molecule has 0 radical (unpaired) electrons. The lowest BCUT2D eigenvalue weighted by Gasteiger charge is -2.51. The number of benzene rings is 1. The Bertz CT molecular complexity index is 1640. The van der Waals surface area contributed by atoms with Crippen LogP contribution in [-0.2, 0) is 16.8 Å². The van der Waals surface area contributed by atoms with Crippen LogP contribution in [0, 0.1) is 0 Å². The zero-order valence-electron chi connectivity index (χ0n) is 22.9. The van der Waals surface area contributed by atoms with Gasteiger partial charge in [0.05, 0.1) is 40.3 Å². The van der Waals surface area contributed by atoms with E-state index in [1.54, 1.807) is 24.5 Å². The minimum Gasteiger partial charge on any atom is -0.495 e. The lowest BCUT2D eigenvalue weighted by atomic mass is 9.58. The van der Waals surface area contributed by atoms with E-state index in [4.69, 9.17) is 46.7 Å². The second-order valence-electron chi connectivity index (χ2n) is 11.5. The lowest BCUT2D eigenvalue weighted by Crippen LogP contribution is -2.49. The highest BCUT2D eigenvalue weighted by Gasteiger charge is 2.53. The van der Waals surface area contributed by atoms with Crippen molar-refractivity contribution in [1.82, 2.24) is 20.3 Å². The van der Waals surface area contributed by atoms with Crippen molar-refractivity contribution < 1.29 is 28.4 Å². The molecule has 218 valence electrons. The van der Waals surface area contributed by atoms with E-state index in [0.717, 1.165) is 62.7 Å². The van der Waals surface area contributed by atoms with Crippen LogP contribution in [0.3, 0.4) is 0 Å². The first kappa shape index (κ1) is 27.4. The van der Waals surface area contributed by atoms with Gasteiger partial charge in [-0.3, -0.25) is 4.98 Å². The van der Waals surface area contributed by atoms with Crippen molar-refractivity contribution >= 4 is 29.2 Å². The van der Waals surface area contributed by atoms with Gasteiger partial charge in [0.2, 0.25) is 11.7 Å². The molecule has 3 aromatic heterocycles. The largest absolute Gasteiger partial charge is 0.495 e. The van der Waals surface area contributed by atoms with Crippen LogP contribution in [0.4, 0.5) is 0 Å². The Kier molecular flexibility index (Phi) is 6.75. The second kappa shape index (κ2) is 10.4. The number of aromatic carboxylic acids is 1. The molecule has 4 saturated carbocycles. The Morgan fingerprint density at radius 3 is 2.40 bits per heavy atom. The summed E-state index contributed by atoms with van der Waals surface area (Å²) >= 11 is 13.0. The van der Waals surface area contributed by atoms with Gasteiger partial charge in [-0.2, -0.15) is 4.98 Å². The fourth-order valence-corrected chi connectivity index (χ4v) is 7.07. The number of carboxylic acids is 1. The van der Waals surface area contributed by atoms with Gasteiger partial charge in [-0.25, -0.2) is 4.79 Å². The molecule has 3 heterocycles. The molecule has 0 unspecified atom stereocenters. The normalized spacial score (nSPS) is 23.3. The highest BCUT2D eigenvalue weighted by Crippen LogP contribution is 2.55. The molecule has 0 spiro atoms. The minimum atomic E-state index is -1.08. The van der Waals surface area contributed by atoms with Gasteiger partial charge in [-0.1, -0.05) is 39.6 Å². The van der Waals surface area contributed by atoms with E-state index >= 15 is 0 Å². The fourth-order valence-electron chi connectivity index (χ4n) is 6.53. The van der Waals surface area contributed by atoms with E-state index in [9.17, 15) is 9.90 Å². The van der Waals surface area contributed by atoms with Crippen molar-refractivity contribution in [2.24, 2.45) is 0 Å². The Morgan fingerprint density at radius 2 is 1.76 bits per heavy atom. The molecule has 8 rings (SSSR count). The number of rotatable bonds is 9. The molecule has 4 aliphatic carbocycles. The number of halogens is 2. The predicted molar refractivity (Wildman–Crippen MR) is 152 cm³/mol. The van der Waals surface area contributed by atoms with Crippen molar-refractivity contribution in [2.45, 2.75) is 74.9 Å². The predicted octanol–water partition coefficient (Wildman–Crippen LogP) is 7.24. The van der Waals surface area contributed by atoms with Crippen LogP contribution in [0.25, 0.3) is 22.6 Å². The van der Waals surface area contributed by atoms with Crippen molar-refractivity contribution in [3.8, 4) is 28.4 Å². The van der Waals surface area contributed by atoms with Gasteiger partial charge in [0, 0.05) is 29.4 Å². The Morgan fingerprint density at radius 1 is 1.05 bits per heavy atom. The molecule has 4 aliphatic rings. The third kappa shape index (κ3) is 4.56. The highest BCUT2D eigenvalue weighted by atomic mass is 35.5. The summed E-state index contributed by atoms with van der Waals surface area (Å²) in [5.74, 6) is 1.22. The lowest BCUT2D eigenvalue weighted by molar-refractivity contribution is -0.130. The Balaban J connectivity index is 1.10. The van der Waals surface area contributed by atoms with Crippen LogP contribution in [-0.4, -0.2) is 44.1 Å². The molecule has 1 N–H and O–H groups in total. The zero-order valence-corrected chi connectivity index (χ0v) is 24.4. The molecule has 0 amide bonds. The second-order valence-corrected chi connectivity index (χ2v) is 12.3. The third-order valence-corrected chi connectivity index (χ3v) is 9.70. The van der Waals surface area contributed by atoms with Gasteiger partial charge < -0.3 is 23.6 Å². The van der Waals surface area contributed by atoms with E-state index in [-0.39, 0.29) is 22.3 Å². The van der Waals surface area contributed by atoms with Gasteiger partial charge >= 0.3 is 5.97 Å². The topological polar surface area (TPSA) is 134 Å². The van der Waals surface area contributed by atoms with E-state index in [1.165, 1.54) is 13.2 Å². The first-order valence-corrected chi connectivity index (χ1v) is 14.8. The number of ether oxygens (including phenoxy) is 2. The molecule has 0 aliphatic heterocycles. The number of para-hydroxylation sites is 1. The maximum atomic E-state index is 11.7. The van der Waals surface area contributed by atoms with E-state index in [2.05, 4.69) is 15.3 Å². The molecule has 4 aromatic rings. The summed E-state index contributed by atoms with van der Waals surface area (Å²) in [6, 6.07) is 4.87. The van der Waals surface area contributed by atoms with Crippen LogP contribution in [0.2, 0.25) is 10.0 Å². The molecule has 10 nitrogen and oxygen atoms in total. The van der Waals surface area contributed by atoms with Crippen LogP contribution in [0.15, 0.2) is 39.6 Å². The smallest absolute Gasteiger partial charge is 0.339 e. The van der Waals surface area contributed by atoms with Gasteiger partial charge in [0.15, 0.2) is 0 Å². The molecular weight excluding hydrogens is 583 g/mol. The number of nitrogens with zero attached hydrogens (tertiary/aromatic N) is 4. The molecule has 0 saturated heterocycles. The molecule has 2 bridgehead atoms. The van der Waals surface area contributed by atoms with E-state index < -0.39 is 5.97 Å². The Hall–Kier alpha value is -3.47. The summed E-state index contributed by atoms with van der Waals surface area (Å²) in [5, 5.41) is 19.0. The summed E-state index contributed by atoms with van der Waals surface area (Å²) < 4.78 is 23.8. The molecule has 1 aromatic carbocycles. The zero-order chi connectivity index (χ0) is 29.1. The summed E-state index contributed by atoms with van der Waals surface area (Å²) in [7, 11) is 1.43. The summed E-state index contributed by atoms with van der Waals surface area (Å²) in [4.78, 5) is 20.5. The highest BCUT2D eigenvalue weighted by molar-refractivity contribution is 6.38. The number of carboxylic acid groups (broad SMARTS) is 1. The van der Waals surface area contributed by atoms with Crippen LogP contribution in [0.1, 0.15) is 84.9 Å². The average molecular weight is 611 g/mol. The standard InChI is InChI=1S/C30H28Cl2N4O6/c1-39-25-17(3-2-4-18(25)27(37)38)26-34-28(42-36-26)29-7-10-30(11-8-29,12-9-29)40-15-19-23(35-41-24(19)16-5-6-16)22-20(31)13-33-14-21(22)32/h2-4,13-14,16H,5-12,15H2,1H3,(H,37,38). The van der Waals surface area contributed by atoms with E-state index in [0.29, 0.717) is 51.1 Å². The number of hydrogen-bond acceptors (Lipinski definition) is 9. The van der Waals surface area contributed by atoms with Gasteiger partial charge in [0.1, 0.15) is 22.8 Å². The quantitative estimate of drug-likeness (QED) is 0.206. The number of carbonyl (C=O) groups is 1. The van der Waals surface area contributed by atoms with Crippen molar-refractivity contribution in [3.05, 3.63) is 63.4 Å². The number of aromatic nitrogens is 4. The maximum absolute atomic E-state index is 11.7. The molecule has 12 heteroatoms. The number of fused-ring (bicyclic) bond motifs is 3. The van der Waals surface area contributed by atoms with Gasteiger partial charge in [0.25, 0.3) is 0 Å². The number of methoxy groups -OCH3 is 1. The molecule has 4 fully saturated rings. The van der Waals surface area contributed by atoms with Crippen LogP contribution in [0.5, 0.6) is 5.75 Å². The van der Waals surface area contributed by atoms with Crippen molar-refractivity contribution in [2.75, 3.05) is 7.11 Å². The number of pyridine rings is 1.